The Morgan fingerprint density at radius 1 is 1.46 bits per heavy atom. The quantitative estimate of drug-likeness (QED) is 0.824. The van der Waals surface area contributed by atoms with Crippen LogP contribution in [0.3, 0.4) is 0 Å². The molecule has 0 aliphatic carbocycles. The van der Waals surface area contributed by atoms with Crippen molar-refractivity contribution in [3.63, 3.8) is 0 Å². The third kappa shape index (κ3) is 4.88. The van der Waals surface area contributed by atoms with Crippen LogP contribution >= 0.6 is 0 Å². The van der Waals surface area contributed by atoms with Crippen LogP contribution in [0.25, 0.3) is 0 Å². The highest BCUT2D eigenvalue weighted by Crippen LogP contribution is 2.19. The average molecular weight is 359 g/mol. The molecule has 1 atom stereocenters. The van der Waals surface area contributed by atoms with Crippen LogP contribution in [0, 0.1) is 11.7 Å². The number of benzene rings is 1. The lowest BCUT2D eigenvalue weighted by Gasteiger charge is -2.35. The molecule has 1 unspecified atom stereocenters. The second-order valence-electron chi connectivity index (χ2n) is 6.87. The minimum atomic E-state index is -0.177. The van der Waals surface area contributed by atoms with Gasteiger partial charge in [-0.2, -0.15) is 5.10 Å². The summed E-state index contributed by atoms with van der Waals surface area (Å²) < 4.78 is 13.3. The van der Waals surface area contributed by atoms with E-state index in [1.54, 1.807) is 12.1 Å². The molecule has 0 spiro atoms. The van der Waals surface area contributed by atoms with E-state index >= 15 is 0 Å². The number of carbonyl (C=O) groups excluding carboxylic acids is 1. The van der Waals surface area contributed by atoms with Crippen LogP contribution in [0.15, 0.2) is 30.6 Å². The Balaban J connectivity index is 1.51. The highest BCUT2D eigenvalue weighted by molar-refractivity contribution is 5.90. The number of aromatic nitrogens is 3. The van der Waals surface area contributed by atoms with Crippen LogP contribution in [-0.4, -0.2) is 63.6 Å². The predicted octanol–water partition coefficient (Wildman–Crippen LogP) is 2.36. The first-order valence-corrected chi connectivity index (χ1v) is 9.27. The number of halogens is 1. The zero-order chi connectivity index (χ0) is 18.4. The SMILES string of the molecule is CCN(CC1CCCN(CCc2cccc(F)c2)C1)C(=O)c1ncn[nH]1. The number of piperidine rings is 1. The van der Waals surface area contributed by atoms with Gasteiger partial charge in [-0.05, 0) is 56.3 Å². The van der Waals surface area contributed by atoms with Gasteiger partial charge in [0.25, 0.3) is 5.91 Å². The van der Waals surface area contributed by atoms with Crippen molar-refractivity contribution in [2.75, 3.05) is 32.7 Å². The van der Waals surface area contributed by atoms with E-state index in [-0.39, 0.29) is 11.7 Å². The van der Waals surface area contributed by atoms with E-state index in [4.69, 9.17) is 0 Å². The van der Waals surface area contributed by atoms with Crippen molar-refractivity contribution in [1.82, 2.24) is 25.0 Å². The van der Waals surface area contributed by atoms with E-state index < -0.39 is 0 Å². The van der Waals surface area contributed by atoms with Gasteiger partial charge in [-0.25, -0.2) is 9.37 Å². The number of nitrogens with zero attached hydrogens (tertiary/aromatic N) is 4. The van der Waals surface area contributed by atoms with Gasteiger partial charge in [0.15, 0.2) is 0 Å². The van der Waals surface area contributed by atoms with Gasteiger partial charge in [-0.3, -0.25) is 9.89 Å². The molecule has 1 aromatic carbocycles. The number of carbonyl (C=O) groups is 1. The van der Waals surface area contributed by atoms with E-state index in [1.165, 1.54) is 12.4 Å². The van der Waals surface area contributed by atoms with Gasteiger partial charge in [0, 0.05) is 26.2 Å². The number of hydrogen-bond acceptors (Lipinski definition) is 4. The Bertz CT molecular complexity index is 706. The van der Waals surface area contributed by atoms with Gasteiger partial charge in [0.2, 0.25) is 5.82 Å². The maximum Gasteiger partial charge on any atom is 0.291 e. The van der Waals surface area contributed by atoms with Gasteiger partial charge in [-0.15, -0.1) is 0 Å². The first-order chi connectivity index (χ1) is 12.7. The lowest BCUT2D eigenvalue weighted by Crippen LogP contribution is -2.43. The normalized spacial score (nSPS) is 18.0. The fourth-order valence-electron chi connectivity index (χ4n) is 3.61. The van der Waals surface area contributed by atoms with Gasteiger partial charge in [0.1, 0.15) is 12.1 Å². The lowest BCUT2D eigenvalue weighted by atomic mass is 9.96. The summed E-state index contributed by atoms with van der Waals surface area (Å²) in [6.07, 6.45) is 4.45. The average Bonchev–Trinajstić information content (AvgIpc) is 3.19. The molecule has 2 heterocycles. The van der Waals surface area contributed by atoms with Gasteiger partial charge in [-0.1, -0.05) is 12.1 Å². The third-order valence-corrected chi connectivity index (χ3v) is 4.97. The van der Waals surface area contributed by atoms with Gasteiger partial charge in [0.05, 0.1) is 0 Å². The monoisotopic (exact) mass is 359 g/mol. The topological polar surface area (TPSA) is 65.1 Å². The molecule has 1 N–H and O–H groups in total. The first kappa shape index (κ1) is 18.5. The Kier molecular flexibility index (Phi) is 6.33. The molecule has 3 rings (SSSR count). The molecule has 2 aromatic rings. The van der Waals surface area contributed by atoms with Crippen molar-refractivity contribution in [3.05, 3.63) is 47.8 Å². The number of aromatic amines is 1. The second-order valence-corrected chi connectivity index (χ2v) is 6.87. The van der Waals surface area contributed by atoms with Gasteiger partial charge < -0.3 is 9.80 Å². The molecule has 140 valence electrons. The second kappa shape index (κ2) is 8.89. The number of nitrogens with one attached hydrogen (secondary N) is 1. The Labute approximate surface area is 153 Å². The maximum atomic E-state index is 13.3. The Morgan fingerprint density at radius 2 is 2.35 bits per heavy atom. The molecular formula is C19H26FN5O. The van der Waals surface area contributed by atoms with E-state index in [0.29, 0.717) is 18.3 Å². The number of likely N-dealkylation sites (tertiary alicyclic amines) is 1. The molecule has 26 heavy (non-hydrogen) atoms. The summed E-state index contributed by atoms with van der Waals surface area (Å²) in [6, 6.07) is 6.82. The van der Waals surface area contributed by atoms with E-state index in [0.717, 1.165) is 51.0 Å². The van der Waals surface area contributed by atoms with E-state index in [9.17, 15) is 9.18 Å². The van der Waals surface area contributed by atoms with Crippen molar-refractivity contribution in [2.24, 2.45) is 5.92 Å². The highest BCUT2D eigenvalue weighted by Gasteiger charge is 2.25. The van der Waals surface area contributed by atoms with E-state index in [1.807, 2.05) is 17.9 Å². The fourth-order valence-corrected chi connectivity index (χ4v) is 3.61. The van der Waals surface area contributed by atoms with Crippen LogP contribution in [0.2, 0.25) is 0 Å². The Hall–Kier alpha value is -2.28. The smallest absolute Gasteiger partial charge is 0.291 e. The molecule has 0 bridgehead atoms. The van der Waals surface area contributed by atoms with Gasteiger partial charge >= 0.3 is 0 Å². The number of rotatable bonds is 7. The maximum absolute atomic E-state index is 13.3. The molecule has 7 heteroatoms. The molecule has 0 saturated carbocycles. The summed E-state index contributed by atoms with van der Waals surface area (Å²) in [4.78, 5) is 20.7. The highest BCUT2D eigenvalue weighted by atomic mass is 19.1. The summed E-state index contributed by atoms with van der Waals surface area (Å²) in [6.45, 7) is 6.32. The van der Waals surface area contributed by atoms with Crippen molar-refractivity contribution < 1.29 is 9.18 Å². The van der Waals surface area contributed by atoms with E-state index in [2.05, 4.69) is 20.1 Å². The molecule has 1 amide bonds. The van der Waals surface area contributed by atoms with Crippen LogP contribution in [0.4, 0.5) is 4.39 Å². The number of hydrogen-bond donors (Lipinski definition) is 1. The lowest BCUT2D eigenvalue weighted by molar-refractivity contribution is 0.0679. The molecule has 1 aliphatic heterocycles. The number of H-pyrrole nitrogens is 1. The molecule has 6 nitrogen and oxygen atoms in total. The molecular weight excluding hydrogens is 333 g/mol. The van der Waals surface area contributed by atoms with Crippen molar-refractivity contribution >= 4 is 5.91 Å². The number of amides is 1. The Morgan fingerprint density at radius 3 is 3.08 bits per heavy atom. The summed E-state index contributed by atoms with van der Waals surface area (Å²) in [5, 5.41) is 6.41. The van der Waals surface area contributed by atoms with Crippen molar-refractivity contribution in [2.45, 2.75) is 26.2 Å². The third-order valence-electron chi connectivity index (χ3n) is 4.97. The molecule has 1 aromatic heterocycles. The van der Waals surface area contributed by atoms with Crippen LogP contribution < -0.4 is 0 Å². The van der Waals surface area contributed by atoms with Crippen molar-refractivity contribution in [1.29, 1.82) is 0 Å². The van der Waals surface area contributed by atoms with Crippen LogP contribution in [0.5, 0.6) is 0 Å². The fraction of sp³-hybridized carbons (Fsp3) is 0.526. The largest absolute Gasteiger partial charge is 0.336 e. The van der Waals surface area contributed by atoms with Crippen LogP contribution in [0.1, 0.15) is 35.9 Å². The minimum Gasteiger partial charge on any atom is -0.336 e. The summed E-state index contributed by atoms with van der Waals surface area (Å²) >= 11 is 0. The minimum absolute atomic E-state index is 0.0955. The molecule has 1 aliphatic rings. The van der Waals surface area contributed by atoms with Crippen LogP contribution in [-0.2, 0) is 6.42 Å². The summed E-state index contributed by atoms with van der Waals surface area (Å²) in [7, 11) is 0. The zero-order valence-corrected chi connectivity index (χ0v) is 15.2. The van der Waals surface area contributed by atoms with Crippen molar-refractivity contribution in [3.8, 4) is 0 Å². The molecule has 1 saturated heterocycles. The molecule has 0 radical (unpaired) electrons. The first-order valence-electron chi connectivity index (χ1n) is 9.27. The zero-order valence-electron chi connectivity index (χ0n) is 15.2. The molecule has 1 fully saturated rings. The predicted molar refractivity (Wildman–Crippen MR) is 97.2 cm³/mol. The summed E-state index contributed by atoms with van der Waals surface area (Å²) in [5.74, 6) is 0.471. The summed E-state index contributed by atoms with van der Waals surface area (Å²) in [5.41, 5.74) is 1.03. The standard InChI is InChI=1S/C19H26FN5O/c1-2-25(19(26)18-21-14-22-23-18)13-16-6-4-9-24(12-16)10-8-15-5-3-7-17(20)11-15/h3,5,7,11,14,16H,2,4,6,8-10,12-13H2,1H3,(H,21,22,23).